The number of aldehydes is 1. The molecule has 0 bridgehead atoms. The molecule has 4 N–H and O–H groups in total. The van der Waals surface area contributed by atoms with Gasteiger partial charge in [0.05, 0.1) is 6.61 Å². The fourth-order valence-corrected chi connectivity index (χ4v) is 5.56. The molecule has 0 amide bonds. The first-order valence-corrected chi connectivity index (χ1v) is 14.6. The largest absolute Gasteiger partial charge is 0.465 e. The number of hydrogen-bond donors (Lipinski definition) is 3. The second kappa shape index (κ2) is 15.4. The molecule has 0 aliphatic rings. The molecule has 1 unspecified atom stereocenters. The lowest BCUT2D eigenvalue weighted by atomic mass is 10.1. The van der Waals surface area contributed by atoms with E-state index in [1.807, 2.05) is 54.2 Å². The summed E-state index contributed by atoms with van der Waals surface area (Å²) in [5.41, 5.74) is 9.76. The zero-order valence-electron chi connectivity index (χ0n) is 22.1. The molecule has 0 aliphatic carbocycles. The van der Waals surface area contributed by atoms with Crippen LogP contribution >= 0.6 is 23.1 Å². The Kier molecular flexibility index (Phi) is 11.9. The fourth-order valence-electron chi connectivity index (χ4n) is 3.67. The lowest BCUT2D eigenvalue weighted by molar-refractivity contribution is -0.145. The molecule has 8 nitrogen and oxygen atoms in total. The highest BCUT2D eigenvalue weighted by Crippen LogP contribution is 2.33. The average molecular weight is 557 g/mol. The smallest absolute Gasteiger partial charge is 0.344 e. The summed E-state index contributed by atoms with van der Waals surface area (Å²) < 4.78 is 10.3. The van der Waals surface area contributed by atoms with Gasteiger partial charge >= 0.3 is 5.97 Å². The minimum atomic E-state index is -0.503. The first kappa shape index (κ1) is 29.5. The summed E-state index contributed by atoms with van der Waals surface area (Å²) in [6.45, 7) is 6.89. The third-order valence-corrected chi connectivity index (χ3v) is 7.61. The molecule has 0 saturated carbocycles. The van der Waals surface area contributed by atoms with E-state index in [4.69, 9.17) is 15.2 Å². The molecule has 3 aromatic rings. The topological polar surface area (TPSA) is 116 Å². The molecule has 2 aromatic carbocycles. The molecule has 204 valence electrons. The quantitative estimate of drug-likeness (QED) is 0.124. The van der Waals surface area contributed by atoms with Crippen molar-refractivity contribution >= 4 is 46.7 Å². The molecule has 0 fully saturated rings. The third-order valence-electron chi connectivity index (χ3n) is 5.42. The van der Waals surface area contributed by atoms with E-state index in [9.17, 15) is 9.59 Å². The molecule has 0 saturated heterocycles. The number of benzene rings is 2. The van der Waals surface area contributed by atoms with Crippen molar-refractivity contribution in [2.45, 2.75) is 45.0 Å². The minimum absolute atomic E-state index is 0.141. The van der Waals surface area contributed by atoms with Gasteiger partial charge in [0.2, 0.25) is 5.88 Å². The highest BCUT2D eigenvalue weighted by molar-refractivity contribution is 7.98. The van der Waals surface area contributed by atoms with Crippen molar-refractivity contribution in [2.75, 3.05) is 36.6 Å². The normalized spacial score (nSPS) is 11.8. The van der Waals surface area contributed by atoms with E-state index >= 15 is 0 Å². The minimum Gasteiger partial charge on any atom is -0.465 e. The van der Waals surface area contributed by atoms with E-state index in [0.29, 0.717) is 22.2 Å². The van der Waals surface area contributed by atoms with Gasteiger partial charge in [-0.25, -0.2) is 9.78 Å². The number of rotatable bonds is 16. The molecule has 0 aliphatic heterocycles. The lowest BCUT2D eigenvalue weighted by Gasteiger charge is -2.21. The van der Waals surface area contributed by atoms with E-state index in [0.717, 1.165) is 41.4 Å². The van der Waals surface area contributed by atoms with Crippen LogP contribution in [0.1, 0.15) is 42.4 Å². The van der Waals surface area contributed by atoms with Crippen LogP contribution in [-0.2, 0) is 15.3 Å². The Labute approximate surface area is 232 Å². The van der Waals surface area contributed by atoms with E-state index in [2.05, 4.69) is 35.5 Å². The van der Waals surface area contributed by atoms with Gasteiger partial charge in [-0.15, -0.1) is 11.3 Å². The van der Waals surface area contributed by atoms with Crippen LogP contribution in [0, 0.1) is 0 Å². The Bertz CT molecular complexity index is 1190. The second-order valence-corrected chi connectivity index (χ2v) is 11.0. The van der Waals surface area contributed by atoms with Crippen molar-refractivity contribution in [1.29, 1.82) is 0 Å². The van der Waals surface area contributed by atoms with Crippen LogP contribution in [0.3, 0.4) is 0 Å². The number of nitrogens with zero attached hydrogens (tertiary/aromatic N) is 1. The number of carbonyl (C=O) groups is 2. The number of anilines is 2. The zero-order chi connectivity index (χ0) is 27.3. The van der Waals surface area contributed by atoms with Gasteiger partial charge in [-0.2, -0.15) is 11.8 Å². The predicted octanol–water partition coefficient (Wildman–Crippen LogP) is 5.25. The zero-order valence-corrected chi connectivity index (χ0v) is 23.7. The maximum Gasteiger partial charge on any atom is 0.344 e. The molecule has 10 heteroatoms. The van der Waals surface area contributed by atoms with Gasteiger partial charge in [-0.3, -0.25) is 4.79 Å². The average Bonchev–Trinajstić information content (AvgIpc) is 3.31. The highest BCUT2D eigenvalue weighted by Gasteiger charge is 2.16. The van der Waals surface area contributed by atoms with E-state index in [-0.39, 0.29) is 25.1 Å². The summed E-state index contributed by atoms with van der Waals surface area (Å²) in [6, 6.07) is 16.6. The molecular formula is C28H36N4O4S2. The number of hydrogen-bond acceptors (Lipinski definition) is 10. The van der Waals surface area contributed by atoms with Crippen LogP contribution in [0.4, 0.5) is 11.4 Å². The van der Waals surface area contributed by atoms with Gasteiger partial charge in [-0.05, 0) is 49.7 Å². The fraction of sp³-hybridized carbons (Fsp3) is 0.393. The van der Waals surface area contributed by atoms with Crippen molar-refractivity contribution < 1.29 is 19.1 Å². The highest BCUT2D eigenvalue weighted by atomic mass is 32.2. The van der Waals surface area contributed by atoms with Gasteiger partial charge in [0.1, 0.15) is 9.88 Å². The Morgan fingerprint density at radius 1 is 1.21 bits per heavy atom. The predicted molar refractivity (Wildman–Crippen MR) is 157 cm³/mol. The molecule has 1 aromatic heterocycles. The number of thiazole rings is 1. The summed E-state index contributed by atoms with van der Waals surface area (Å²) in [6.07, 6.45) is 1.66. The van der Waals surface area contributed by atoms with Gasteiger partial charge < -0.3 is 25.8 Å². The summed E-state index contributed by atoms with van der Waals surface area (Å²) >= 11 is 3.10. The first-order valence-electron chi connectivity index (χ1n) is 12.6. The monoisotopic (exact) mass is 556 g/mol. The van der Waals surface area contributed by atoms with Crippen molar-refractivity contribution in [3.05, 3.63) is 59.0 Å². The van der Waals surface area contributed by atoms with Crippen LogP contribution in [0.25, 0.3) is 10.6 Å². The Morgan fingerprint density at radius 2 is 2.03 bits per heavy atom. The van der Waals surface area contributed by atoms with Crippen LogP contribution in [-0.4, -0.2) is 54.8 Å². The number of nitrogens with one attached hydrogen (secondary N) is 2. The molecule has 0 spiro atoms. The number of esters is 1. The Morgan fingerprint density at radius 3 is 2.76 bits per heavy atom. The summed E-state index contributed by atoms with van der Waals surface area (Å²) in [7, 11) is 0. The third kappa shape index (κ3) is 9.66. The van der Waals surface area contributed by atoms with Crippen molar-refractivity contribution in [2.24, 2.45) is 0 Å². The Balaban J connectivity index is 1.68. The number of carbonyl (C=O) groups excluding carboxylic acids is 2. The van der Waals surface area contributed by atoms with E-state index in [1.54, 1.807) is 6.92 Å². The van der Waals surface area contributed by atoms with Crippen LogP contribution in [0.2, 0.25) is 0 Å². The summed E-state index contributed by atoms with van der Waals surface area (Å²) in [5, 5.41) is 7.83. The Hall–Kier alpha value is -3.08. The van der Waals surface area contributed by atoms with Crippen molar-refractivity contribution in [3.8, 4) is 16.5 Å². The summed E-state index contributed by atoms with van der Waals surface area (Å²) in [5.74, 6) is 1.46. The molecule has 0 radical (unpaired) electrons. The van der Waals surface area contributed by atoms with E-state index < -0.39 is 5.97 Å². The molecule has 38 heavy (non-hydrogen) atoms. The maximum absolute atomic E-state index is 11.6. The molecule has 3 rings (SSSR count). The van der Waals surface area contributed by atoms with Gasteiger partial charge in [0, 0.05) is 40.5 Å². The second-order valence-electron chi connectivity index (χ2n) is 8.98. The van der Waals surface area contributed by atoms with Crippen LogP contribution < -0.4 is 21.1 Å². The van der Waals surface area contributed by atoms with Crippen LogP contribution in [0.5, 0.6) is 5.88 Å². The SMILES string of the molecule is CCOC(=O)COc1nc(-c2cccc(NC(CCNC(C)C)CSCc3cccc(N)c3)c2)sc1C=O. The van der Waals surface area contributed by atoms with Gasteiger partial charge in [-0.1, -0.05) is 38.1 Å². The number of nitrogens with two attached hydrogens (primary N) is 1. The van der Waals surface area contributed by atoms with E-state index in [1.165, 1.54) is 16.9 Å². The van der Waals surface area contributed by atoms with Gasteiger partial charge in [0.15, 0.2) is 12.9 Å². The van der Waals surface area contributed by atoms with Crippen LogP contribution in [0.15, 0.2) is 48.5 Å². The number of thioether (sulfide) groups is 1. The van der Waals surface area contributed by atoms with Gasteiger partial charge in [0.25, 0.3) is 0 Å². The standard InChI is InChI=1S/C28H36N4O4S2/c1-4-35-26(34)16-36-27-25(15-33)38-28(32-27)21-8-6-10-23(14-21)31-24(11-12-30-19(2)3)18-37-17-20-7-5-9-22(29)13-20/h5-10,13-15,19,24,30-31H,4,11-12,16-18,29H2,1-3H3. The van der Waals surface area contributed by atoms with Crippen molar-refractivity contribution in [1.82, 2.24) is 10.3 Å². The lowest BCUT2D eigenvalue weighted by Crippen LogP contribution is -2.31. The molecular weight excluding hydrogens is 520 g/mol. The van der Waals surface area contributed by atoms with Crippen molar-refractivity contribution in [3.63, 3.8) is 0 Å². The number of aromatic nitrogens is 1. The molecule has 1 atom stereocenters. The maximum atomic E-state index is 11.6. The first-order chi connectivity index (χ1) is 18.4. The summed E-state index contributed by atoms with van der Waals surface area (Å²) in [4.78, 5) is 28.0. The molecule has 1 heterocycles. The number of ether oxygens (including phenoxy) is 2. The number of nitrogen functional groups attached to an aromatic ring is 1.